The summed E-state index contributed by atoms with van der Waals surface area (Å²) in [6.45, 7) is 1.97. The molecular weight excluding hydrogens is 392 g/mol. The number of para-hydroxylation sites is 1. The molecule has 0 saturated heterocycles. The molecule has 3 N–H and O–H groups in total. The molecule has 8 nitrogen and oxygen atoms in total. The topological polar surface area (TPSA) is 96.9 Å². The molecule has 5 rings (SSSR count). The van der Waals surface area contributed by atoms with Crippen LogP contribution in [0.1, 0.15) is 18.5 Å². The minimum atomic E-state index is 0.134. The Balaban J connectivity index is 0.000000152. The highest BCUT2D eigenvalue weighted by atomic mass is 16.5. The lowest BCUT2D eigenvalue weighted by atomic mass is 10.2. The summed E-state index contributed by atoms with van der Waals surface area (Å²) in [5, 5.41) is 18.8. The highest BCUT2D eigenvalue weighted by molar-refractivity contribution is 5.94. The maximum absolute atomic E-state index is 11.4. The van der Waals surface area contributed by atoms with Crippen LogP contribution in [0.15, 0.2) is 54.6 Å². The quantitative estimate of drug-likeness (QED) is 0.447. The van der Waals surface area contributed by atoms with Crippen LogP contribution in [-0.2, 0) is 11.8 Å². The van der Waals surface area contributed by atoms with Gasteiger partial charge in [-0.1, -0.05) is 12.1 Å². The van der Waals surface area contributed by atoms with Gasteiger partial charge in [-0.25, -0.2) is 0 Å². The largest absolute Gasteiger partial charge is 0.497 e. The molecule has 1 fully saturated rings. The van der Waals surface area contributed by atoms with Crippen molar-refractivity contribution in [3.63, 3.8) is 0 Å². The number of anilines is 3. The molecule has 8 heteroatoms. The Morgan fingerprint density at radius 2 is 1.90 bits per heavy atom. The van der Waals surface area contributed by atoms with Crippen molar-refractivity contribution < 1.29 is 9.53 Å². The van der Waals surface area contributed by atoms with Gasteiger partial charge in [-0.15, -0.1) is 0 Å². The van der Waals surface area contributed by atoms with E-state index in [1.807, 2.05) is 68.6 Å². The van der Waals surface area contributed by atoms with E-state index in [-0.39, 0.29) is 11.8 Å². The maximum atomic E-state index is 11.4. The molecule has 2 heterocycles. The number of hydrogen-bond acceptors (Lipinski definition) is 5. The number of nitrogens with zero attached hydrogens (tertiary/aromatic N) is 3. The van der Waals surface area contributed by atoms with E-state index in [0.717, 1.165) is 52.5 Å². The van der Waals surface area contributed by atoms with Crippen molar-refractivity contribution in [1.82, 2.24) is 20.0 Å². The SMILES string of the molecule is COc1ccc(NC(=O)C2CC2)cc1.Cc1cc(Nc2n[nH]c3ccccc23)n(C)n1. The molecule has 1 aliphatic carbocycles. The second-order valence-corrected chi connectivity index (χ2v) is 7.53. The van der Waals surface area contributed by atoms with Gasteiger partial charge in [0.2, 0.25) is 5.91 Å². The minimum absolute atomic E-state index is 0.134. The van der Waals surface area contributed by atoms with E-state index in [0.29, 0.717) is 0 Å². The van der Waals surface area contributed by atoms with Crippen molar-refractivity contribution in [3.8, 4) is 5.75 Å². The summed E-state index contributed by atoms with van der Waals surface area (Å²) < 4.78 is 6.83. The lowest BCUT2D eigenvalue weighted by Crippen LogP contribution is -2.12. The fourth-order valence-corrected chi connectivity index (χ4v) is 3.17. The molecule has 1 saturated carbocycles. The van der Waals surface area contributed by atoms with Crippen LogP contribution in [0.4, 0.5) is 17.3 Å². The number of benzene rings is 2. The molecule has 2 aromatic heterocycles. The second kappa shape index (κ2) is 8.91. The zero-order chi connectivity index (χ0) is 21.8. The number of aryl methyl sites for hydroxylation is 2. The second-order valence-electron chi connectivity index (χ2n) is 7.53. The first-order valence-corrected chi connectivity index (χ1v) is 10.2. The number of aromatic nitrogens is 4. The summed E-state index contributed by atoms with van der Waals surface area (Å²) in [7, 11) is 3.53. The Hall–Kier alpha value is -3.81. The van der Waals surface area contributed by atoms with Crippen LogP contribution in [0.2, 0.25) is 0 Å². The molecule has 0 spiro atoms. The molecular formula is C23H26N6O2. The third-order valence-corrected chi connectivity index (χ3v) is 5.02. The number of fused-ring (bicyclic) bond motifs is 1. The smallest absolute Gasteiger partial charge is 0.227 e. The lowest BCUT2D eigenvalue weighted by molar-refractivity contribution is -0.117. The van der Waals surface area contributed by atoms with Crippen molar-refractivity contribution in [2.45, 2.75) is 19.8 Å². The van der Waals surface area contributed by atoms with Crippen LogP contribution in [-0.4, -0.2) is 33.0 Å². The molecule has 4 aromatic rings. The zero-order valence-electron chi connectivity index (χ0n) is 17.8. The first kappa shape index (κ1) is 20.5. The fourth-order valence-electron chi connectivity index (χ4n) is 3.17. The van der Waals surface area contributed by atoms with E-state index >= 15 is 0 Å². The van der Waals surface area contributed by atoms with Gasteiger partial charge >= 0.3 is 0 Å². The number of nitrogens with one attached hydrogen (secondary N) is 3. The Morgan fingerprint density at radius 3 is 2.55 bits per heavy atom. The van der Waals surface area contributed by atoms with Gasteiger partial charge in [0.1, 0.15) is 11.6 Å². The summed E-state index contributed by atoms with van der Waals surface area (Å²) in [6.07, 6.45) is 2.06. The van der Waals surface area contributed by atoms with E-state index in [1.165, 1.54) is 0 Å². The molecule has 0 atom stereocenters. The number of aromatic amines is 1. The van der Waals surface area contributed by atoms with Crippen LogP contribution in [0.3, 0.4) is 0 Å². The molecule has 0 radical (unpaired) electrons. The molecule has 0 unspecified atom stereocenters. The lowest BCUT2D eigenvalue weighted by Gasteiger charge is -2.04. The monoisotopic (exact) mass is 418 g/mol. The molecule has 0 bridgehead atoms. The standard InChI is InChI=1S/C12H13N5.C11H13NO2/c1-8-7-11(17(2)16-8)13-12-9-5-3-4-6-10(9)14-15-12;1-14-10-6-4-9(5-7-10)12-11(13)8-2-3-8/h3-7H,1-2H3,(H2,13,14,15);4-8H,2-3H2,1H3,(H,12,13). The van der Waals surface area contributed by atoms with Crippen molar-refractivity contribution >= 4 is 34.1 Å². The summed E-state index contributed by atoms with van der Waals surface area (Å²) in [5.74, 6) is 2.94. The summed E-state index contributed by atoms with van der Waals surface area (Å²) in [6, 6.07) is 17.4. The van der Waals surface area contributed by atoms with E-state index < -0.39 is 0 Å². The van der Waals surface area contributed by atoms with E-state index in [9.17, 15) is 4.79 Å². The van der Waals surface area contributed by atoms with Crippen molar-refractivity contribution in [2.75, 3.05) is 17.7 Å². The van der Waals surface area contributed by atoms with Crippen molar-refractivity contribution in [3.05, 3.63) is 60.3 Å². The van der Waals surface area contributed by atoms with Crippen LogP contribution in [0.5, 0.6) is 5.75 Å². The molecule has 1 amide bonds. The molecule has 31 heavy (non-hydrogen) atoms. The van der Waals surface area contributed by atoms with Crippen LogP contribution in [0, 0.1) is 12.8 Å². The van der Waals surface area contributed by atoms with Gasteiger partial charge in [0, 0.05) is 30.1 Å². The first-order valence-electron chi connectivity index (χ1n) is 10.2. The predicted molar refractivity (Wildman–Crippen MR) is 122 cm³/mol. The number of H-pyrrole nitrogens is 1. The Kier molecular flexibility index (Phi) is 5.88. The Bertz CT molecular complexity index is 1170. The number of methoxy groups -OCH3 is 1. The summed E-state index contributed by atoms with van der Waals surface area (Å²) in [4.78, 5) is 11.4. The molecule has 1 aliphatic rings. The van der Waals surface area contributed by atoms with Gasteiger partial charge in [0.15, 0.2) is 5.82 Å². The van der Waals surface area contributed by atoms with Gasteiger partial charge < -0.3 is 15.4 Å². The first-order chi connectivity index (χ1) is 15.0. The van der Waals surface area contributed by atoms with Crippen molar-refractivity contribution in [1.29, 1.82) is 0 Å². The number of rotatable bonds is 5. The third-order valence-electron chi connectivity index (χ3n) is 5.02. The van der Waals surface area contributed by atoms with Gasteiger partial charge in [0.05, 0.1) is 18.3 Å². The summed E-state index contributed by atoms with van der Waals surface area (Å²) in [5.41, 5.74) is 2.84. The number of carbonyl (C=O) groups excluding carboxylic acids is 1. The molecule has 0 aliphatic heterocycles. The Labute approximate surface area is 180 Å². The third kappa shape index (κ3) is 5.03. The fraction of sp³-hybridized carbons (Fsp3) is 0.261. The highest BCUT2D eigenvalue weighted by Gasteiger charge is 2.29. The van der Waals surface area contributed by atoms with Crippen LogP contribution < -0.4 is 15.4 Å². The van der Waals surface area contributed by atoms with Gasteiger partial charge in [-0.05, 0) is 56.2 Å². The number of ether oxygens (including phenoxy) is 1. The maximum Gasteiger partial charge on any atom is 0.227 e. The molecule has 2 aromatic carbocycles. The number of amides is 1. The normalized spacial score (nSPS) is 12.7. The van der Waals surface area contributed by atoms with E-state index in [4.69, 9.17) is 4.74 Å². The Morgan fingerprint density at radius 1 is 1.16 bits per heavy atom. The summed E-state index contributed by atoms with van der Waals surface area (Å²) >= 11 is 0. The predicted octanol–water partition coefficient (Wildman–Crippen LogP) is 4.39. The van der Waals surface area contributed by atoms with Crippen molar-refractivity contribution in [2.24, 2.45) is 13.0 Å². The highest BCUT2D eigenvalue weighted by Crippen LogP contribution is 2.30. The van der Waals surface area contributed by atoms with Gasteiger partial charge in [0.25, 0.3) is 0 Å². The number of hydrogen-bond donors (Lipinski definition) is 3. The van der Waals surface area contributed by atoms with E-state index in [2.05, 4.69) is 25.9 Å². The van der Waals surface area contributed by atoms with Crippen LogP contribution in [0.25, 0.3) is 10.9 Å². The van der Waals surface area contributed by atoms with E-state index in [1.54, 1.807) is 11.8 Å². The minimum Gasteiger partial charge on any atom is -0.497 e. The number of carbonyl (C=O) groups is 1. The van der Waals surface area contributed by atoms with Crippen LogP contribution >= 0.6 is 0 Å². The average Bonchev–Trinajstić information content (AvgIpc) is 3.49. The van der Waals surface area contributed by atoms with Gasteiger partial charge in [-0.3, -0.25) is 14.6 Å². The molecule has 160 valence electrons. The zero-order valence-corrected chi connectivity index (χ0v) is 17.8. The van der Waals surface area contributed by atoms with Gasteiger partial charge in [-0.2, -0.15) is 10.2 Å². The average molecular weight is 419 g/mol.